The van der Waals surface area contributed by atoms with Crippen LogP contribution in [0.4, 0.5) is 0 Å². The Balaban J connectivity index is 1.97. The van der Waals surface area contributed by atoms with Gasteiger partial charge in [0.1, 0.15) is 0 Å². The number of benzene rings is 1. The minimum atomic E-state index is 0.513. The molecule has 3 heteroatoms. The molecule has 0 radical (unpaired) electrons. The van der Waals surface area contributed by atoms with E-state index in [1.165, 1.54) is 26.7 Å². The normalized spacial score (nSPS) is 12.6. The standard InChI is InChI=1S/C18H26N2S/c1-5-19-17(12-18-20-14(3)15(4)21-18)11-10-16-9-7-6-8-13(16)2/h6-9,17,19H,5,10-12H2,1-4H3. The van der Waals surface area contributed by atoms with Crippen LogP contribution >= 0.6 is 11.3 Å². The number of nitrogens with one attached hydrogen (secondary N) is 1. The second kappa shape index (κ2) is 7.71. The first kappa shape index (κ1) is 16.2. The van der Waals surface area contributed by atoms with Gasteiger partial charge in [0.15, 0.2) is 0 Å². The van der Waals surface area contributed by atoms with E-state index in [4.69, 9.17) is 0 Å². The summed E-state index contributed by atoms with van der Waals surface area (Å²) in [5, 5.41) is 4.88. The molecular formula is C18H26N2S. The lowest BCUT2D eigenvalue weighted by Crippen LogP contribution is -2.31. The third kappa shape index (κ3) is 4.65. The predicted octanol–water partition coefficient (Wildman–Crippen LogP) is 4.22. The lowest BCUT2D eigenvalue weighted by Gasteiger charge is -2.17. The van der Waals surface area contributed by atoms with E-state index in [1.54, 1.807) is 0 Å². The van der Waals surface area contributed by atoms with Gasteiger partial charge in [0, 0.05) is 17.3 Å². The van der Waals surface area contributed by atoms with Crippen molar-refractivity contribution < 1.29 is 0 Å². The third-order valence-corrected chi connectivity index (χ3v) is 5.11. The fourth-order valence-corrected chi connectivity index (χ4v) is 3.64. The van der Waals surface area contributed by atoms with Crippen LogP contribution < -0.4 is 5.32 Å². The van der Waals surface area contributed by atoms with E-state index in [9.17, 15) is 0 Å². The molecule has 21 heavy (non-hydrogen) atoms. The zero-order chi connectivity index (χ0) is 15.2. The first-order valence-corrected chi connectivity index (χ1v) is 8.62. The minimum absolute atomic E-state index is 0.513. The average Bonchev–Trinajstić information content (AvgIpc) is 2.76. The van der Waals surface area contributed by atoms with Crippen LogP contribution in [0.2, 0.25) is 0 Å². The predicted molar refractivity (Wildman–Crippen MR) is 92.3 cm³/mol. The Kier molecular flexibility index (Phi) is 5.95. The molecule has 1 atom stereocenters. The van der Waals surface area contributed by atoms with E-state index < -0.39 is 0 Å². The van der Waals surface area contributed by atoms with Crippen LogP contribution in [0.5, 0.6) is 0 Å². The molecule has 114 valence electrons. The summed E-state index contributed by atoms with van der Waals surface area (Å²) >= 11 is 1.84. The van der Waals surface area contributed by atoms with E-state index in [1.807, 2.05) is 11.3 Å². The first-order chi connectivity index (χ1) is 10.1. The molecule has 2 aromatic rings. The highest BCUT2D eigenvalue weighted by molar-refractivity contribution is 7.11. The molecule has 0 fully saturated rings. The number of aromatic nitrogens is 1. The van der Waals surface area contributed by atoms with Gasteiger partial charge in [-0.2, -0.15) is 0 Å². The number of likely N-dealkylation sites (N-methyl/N-ethyl adjacent to an activating group) is 1. The Hall–Kier alpha value is -1.19. The molecule has 1 aromatic heterocycles. The molecule has 0 spiro atoms. The lowest BCUT2D eigenvalue weighted by molar-refractivity contribution is 0.490. The van der Waals surface area contributed by atoms with E-state index in [0.29, 0.717) is 6.04 Å². The molecule has 2 nitrogen and oxygen atoms in total. The molecule has 0 bridgehead atoms. The van der Waals surface area contributed by atoms with Gasteiger partial charge in [-0.1, -0.05) is 31.2 Å². The maximum atomic E-state index is 4.68. The summed E-state index contributed by atoms with van der Waals surface area (Å²) in [5.74, 6) is 0. The number of rotatable bonds is 7. The fraction of sp³-hybridized carbons (Fsp3) is 0.500. The van der Waals surface area contributed by atoms with Gasteiger partial charge in [-0.3, -0.25) is 0 Å². The summed E-state index contributed by atoms with van der Waals surface area (Å²) in [6.45, 7) is 9.66. The van der Waals surface area contributed by atoms with E-state index in [2.05, 4.69) is 62.3 Å². The molecule has 0 aliphatic rings. The fourth-order valence-electron chi connectivity index (χ4n) is 2.62. The van der Waals surface area contributed by atoms with Gasteiger partial charge in [-0.25, -0.2) is 4.98 Å². The van der Waals surface area contributed by atoms with Gasteiger partial charge in [0.2, 0.25) is 0 Å². The smallest absolute Gasteiger partial charge is 0.0946 e. The van der Waals surface area contributed by atoms with Crippen LogP contribution in [-0.4, -0.2) is 17.6 Å². The van der Waals surface area contributed by atoms with Crippen LogP contribution in [0.3, 0.4) is 0 Å². The number of hydrogen-bond donors (Lipinski definition) is 1. The summed E-state index contributed by atoms with van der Waals surface area (Å²) < 4.78 is 0. The summed E-state index contributed by atoms with van der Waals surface area (Å²) in [5.41, 5.74) is 4.05. The molecule has 0 saturated carbocycles. The summed E-state index contributed by atoms with van der Waals surface area (Å²) in [4.78, 5) is 6.03. The van der Waals surface area contributed by atoms with Crippen molar-refractivity contribution in [3.8, 4) is 0 Å². The Bertz CT molecular complexity index is 555. The number of hydrogen-bond acceptors (Lipinski definition) is 3. The summed E-state index contributed by atoms with van der Waals surface area (Å²) in [6.07, 6.45) is 3.34. The Morgan fingerprint density at radius 2 is 1.95 bits per heavy atom. The third-order valence-electron chi connectivity index (χ3n) is 4.01. The van der Waals surface area contributed by atoms with Crippen molar-refractivity contribution in [1.82, 2.24) is 10.3 Å². The monoisotopic (exact) mass is 302 g/mol. The second-order valence-corrected chi connectivity index (χ2v) is 6.96. The van der Waals surface area contributed by atoms with Crippen molar-refractivity contribution in [2.45, 2.75) is 53.0 Å². The van der Waals surface area contributed by atoms with Crippen LogP contribution in [0.25, 0.3) is 0 Å². The van der Waals surface area contributed by atoms with Crippen molar-refractivity contribution in [3.63, 3.8) is 0 Å². The molecule has 0 amide bonds. The molecule has 0 aliphatic carbocycles. The lowest BCUT2D eigenvalue weighted by atomic mass is 9.99. The van der Waals surface area contributed by atoms with Gasteiger partial charge in [-0.05, 0) is 51.3 Å². The average molecular weight is 302 g/mol. The maximum absolute atomic E-state index is 4.68. The van der Waals surface area contributed by atoms with Gasteiger partial charge in [0.25, 0.3) is 0 Å². The van der Waals surface area contributed by atoms with Crippen LogP contribution in [-0.2, 0) is 12.8 Å². The highest BCUT2D eigenvalue weighted by Gasteiger charge is 2.13. The van der Waals surface area contributed by atoms with Crippen molar-refractivity contribution in [3.05, 3.63) is 51.0 Å². The maximum Gasteiger partial charge on any atom is 0.0946 e. The summed E-state index contributed by atoms with van der Waals surface area (Å²) in [6, 6.07) is 9.21. The highest BCUT2D eigenvalue weighted by atomic mass is 32.1. The van der Waals surface area contributed by atoms with E-state index in [-0.39, 0.29) is 0 Å². The molecular weight excluding hydrogens is 276 g/mol. The van der Waals surface area contributed by atoms with E-state index in [0.717, 1.165) is 25.8 Å². The van der Waals surface area contributed by atoms with Gasteiger partial charge in [-0.15, -0.1) is 11.3 Å². The molecule has 1 unspecified atom stereocenters. The van der Waals surface area contributed by atoms with Crippen molar-refractivity contribution in [2.75, 3.05) is 6.54 Å². The number of thiazole rings is 1. The van der Waals surface area contributed by atoms with Crippen molar-refractivity contribution in [1.29, 1.82) is 0 Å². The minimum Gasteiger partial charge on any atom is -0.314 e. The van der Waals surface area contributed by atoms with Crippen LogP contribution in [0.15, 0.2) is 24.3 Å². The van der Waals surface area contributed by atoms with E-state index >= 15 is 0 Å². The molecule has 1 N–H and O–H groups in total. The zero-order valence-electron chi connectivity index (χ0n) is 13.6. The molecule has 0 saturated heterocycles. The quantitative estimate of drug-likeness (QED) is 0.828. The van der Waals surface area contributed by atoms with Gasteiger partial charge in [0.05, 0.1) is 10.7 Å². The van der Waals surface area contributed by atoms with Crippen LogP contribution in [0.1, 0.15) is 40.1 Å². The second-order valence-electron chi connectivity index (χ2n) is 5.67. The first-order valence-electron chi connectivity index (χ1n) is 7.81. The number of aryl methyl sites for hydroxylation is 4. The zero-order valence-corrected chi connectivity index (χ0v) is 14.4. The molecule has 1 heterocycles. The van der Waals surface area contributed by atoms with Crippen molar-refractivity contribution >= 4 is 11.3 Å². The Morgan fingerprint density at radius 1 is 1.19 bits per heavy atom. The molecule has 2 rings (SSSR count). The van der Waals surface area contributed by atoms with Gasteiger partial charge < -0.3 is 5.32 Å². The molecule has 1 aromatic carbocycles. The largest absolute Gasteiger partial charge is 0.314 e. The highest BCUT2D eigenvalue weighted by Crippen LogP contribution is 2.19. The summed E-state index contributed by atoms with van der Waals surface area (Å²) in [7, 11) is 0. The van der Waals surface area contributed by atoms with Gasteiger partial charge >= 0.3 is 0 Å². The SMILES string of the molecule is CCNC(CCc1ccccc1C)Cc1nc(C)c(C)s1. The molecule has 0 aliphatic heterocycles. The topological polar surface area (TPSA) is 24.9 Å². The Morgan fingerprint density at radius 3 is 2.57 bits per heavy atom. The van der Waals surface area contributed by atoms with Crippen LogP contribution in [0, 0.1) is 20.8 Å². The number of nitrogens with zero attached hydrogens (tertiary/aromatic N) is 1. The van der Waals surface area contributed by atoms with Crippen molar-refractivity contribution in [2.24, 2.45) is 0 Å². The Labute approximate surface area is 132 Å².